The van der Waals surface area contributed by atoms with Crippen LogP contribution in [0.5, 0.6) is 5.75 Å². The maximum Gasteiger partial charge on any atom is 0.306 e. The third kappa shape index (κ3) is 3.44. The van der Waals surface area contributed by atoms with Crippen LogP contribution in [-0.2, 0) is 4.79 Å². The highest BCUT2D eigenvalue weighted by atomic mass is 16.6. The highest BCUT2D eigenvalue weighted by molar-refractivity contribution is 5.66. The molecule has 17 heavy (non-hydrogen) atoms. The molecule has 0 spiro atoms. The summed E-state index contributed by atoms with van der Waals surface area (Å²) in [4.78, 5) is 20.6. The summed E-state index contributed by atoms with van der Waals surface area (Å²) in [5, 5.41) is 19.2. The normalized spacial score (nSPS) is 10.0. The molecule has 0 fully saturated rings. The van der Waals surface area contributed by atoms with Gasteiger partial charge in [0.15, 0.2) is 0 Å². The van der Waals surface area contributed by atoms with Gasteiger partial charge in [0.25, 0.3) is 5.69 Å². The number of nitrogens with zero attached hydrogens (tertiary/aromatic N) is 1. The lowest BCUT2D eigenvalue weighted by Crippen LogP contribution is -2.06. The number of hydrogen-bond donors (Lipinski definition) is 1. The monoisotopic (exact) mass is 239 g/mol. The van der Waals surface area contributed by atoms with Crippen molar-refractivity contribution in [3.05, 3.63) is 33.4 Å². The van der Waals surface area contributed by atoms with Crippen molar-refractivity contribution >= 4 is 11.7 Å². The first-order valence-electron chi connectivity index (χ1n) is 5.02. The van der Waals surface area contributed by atoms with Gasteiger partial charge in [0.1, 0.15) is 5.75 Å². The van der Waals surface area contributed by atoms with Crippen LogP contribution in [0.1, 0.15) is 17.5 Å². The molecule has 0 unspecified atom stereocenters. The summed E-state index contributed by atoms with van der Waals surface area (Å²) in [7, 11) is 0. The minimum absolute atomic E-state index is 0.00358. The molecule has 1 N–H and O–H groups in total. The van der Waals surface area contributed by atoms with E-state index >= 15 is 0 Å². The van der Waals surface area contributed by atoms with Gasteiger partial charge in [-0.2, -0.15) is 0 Å². The largest absolute Gasteiger partial charge is 0.492 e. The van der Waals surface area contributed by atoms with E-state index in [-0.39, 0.29) is 18.7 Å². The number of nitro benzene ring substituents is 1. The second-order valence-corrected chi connectivity index (χ2v) is 3.65. The van der Waals surface area contributed by atoms with E-state index in [4.69, 9.17) is 9.84 Å². The van der Waals surface area contributed by atoms with Crippen molar-refractivity contribution in [1.82, 2.24) is 0 Å². The standard InChI is InChI=1S/C11H13NO5/c1-7-5-8(2)10(6-9(7)12(15)16)17-4-3-11(13)14/h5-6H,3-4H2,1-2H3,(H,13,14). The minimum Gasteiger partial charge on any atom is -0.492 e. The zero-order chi connectivity index (χ0) is 13.0. The Hall–Kier alpha value is -2.11. The number of ether oxygens (including phenoxy) is 1. The molecule has 0 saturated heterocycles. The average Bonchev–Trinajstić information content (AvgIpc) is 2.20. The molecule has 0 aromatic heterocycles. The number of carbonyl (C=O) groups is 1. The van der Waals surface area contributed by atoms with E-state index in [1.165, 1.54) is 6.07 Å². The number of benzene rings is 1. The molecule has 1 aromatic rings. The second-order valence-electron chi connectivity index (χ2n) is 3.65. The summed E-state index contributed by atoms with van der Waals surface area (Å²) in [5.41, 5.74) is 1.28. The number of carboxylic acids is 1. The minimum atomic E-state index is -0.968. The quantitative estimate of drug-likeness (QED) is 0.627. The van der Waals surface area contributed by atoms with Crippen molar-refractivity contribution in [1.29, 1.82) is 0 Å². The van der Waals surface area contributed by atoms with Crippen LogP contribution < -0.4 is 4.74 Å². The number of aliphatic carboxylic acids is 1. The predicted octanol–water partition coefficient (Wildman–Crippen LogP) is 2.07. The van der Waals surface area contributed by atoms with Gasteiger partial charge in [0, 0.05) is 5.56 Å². The van der Waals surface area contributed by atoms with Gasteiger partial charge in [0.2, 0.25) is 0 Å². The molecule has 0 aliphatic heterocycles. The van der Waals surface area contributed by atoms with Crippen LogP contribution in [0.2, 0.25) is 0 Å². The SMILES string of the molecule is Cc1cc(C)c([N+](=O)[O-])cc1OCCC(=O)O. The van der Waals surface area contributed by atoms with Crippen LogP contribution in [0.15, 0.2) is 12.1 Å². The van der Waals surface area contributed by atoms with Crippen molar-refractivity contribution < 1.29 is 19.6 Å². The maximum absolute atomic E-state index is 10.7. The van der Waals surface area contributed by atoms with Gasteiger partial charge in [-0.05, 0) is 25.5 Å². The van der Waals surface area contributed by atoms with Crippen molar-refractivity contribution in [2.75, 3.05) is 6.61 Å². The van der Waals surface area contributed by atoms with Crippen LogP contribution in [0.4, 0.5) is 5.69 Å². The van der Waals surface area contributed by atoms with Gasteiger partial charge in [-0.25, -0.2) is 0 Å². The molecule has 0 aliphatic rings. The van der Waals surface area contributed by atoms with Gasteiger partial charge < -0.3 is 9.84 Å². The predicted molar refractivity (Wildman–Crippen MR) is 60.3 cm³/mol. The van der Waals surface area contributed by atoms with E-state index in [9.17, 15) is 14.9 Å². The maximum atomic E-state index is 10.7. The summed E-state index contributed by atoms with van der Waals surface area (Å²) >= 11 is 0. The van der Waals surface area contributed by atoms with E-state index in [1.54, 1.807) is 19.9 Å². The van der Waals surface area contributed by atoms with Crippen molar-refractivity contribution in [2.24, 2.45) is 0 Å². The Bertz CT molecular complexity index is 455. The van der Waals surface area contributed by atoms with Gasteiger partial charge in [0.05, 0.1) is 24.0 Å². The van der Waals surface area contributed by atoms with Crippen LogP contribution >= 0.6 is 0 Å². The summed E-state index contributed by atoms with van der Waals surface area (Å²) in [6.07, 6.45) is -0.138. The number of rotatable bonds is 5. The topological polar surface area (TPSA) is 89.7 Å². The Morgan fingerprint density at radius 2 is 2.06 bits per heavy atom. The fourth-order valence-electron chi connectivity index (χ4n) is 1.42. The molecule has 0 heterocycles. The Balaban J connectivity index is 2.88. The molecule has 0 radical (unpaired) electrons. The van der Waals surface area contributed by atoms with E-state index in [0.717, 1.165) is 5.56 Å². The zero-order valence-corrected chi connectivity index (χ0v) is 9.60. The number of aryl methyl sites for hydroxylation is 2. The molecule has 92 valence electrons. The molecule has 0 amide bonds. The van der Waals surface area contributed by atoms with Crippen molar-refractivity contribution in [3.8, 4) is 5.75 Å². The first kappa shape index (κ1) is 13.0. The molecular formula is C11H13NO5. The summed E-state index contributed by atoms with van der Waals surface area (Å²) in [6.45, 7) is 3.40. The number of hydrogen-bond acceptors (Lipinski definition) is 4. The third-order valence-electron chi connectivity index (χ3n) is 2.26. The van der Waals surface area contributed by atoms with Gasteiger partial charge in [-0.15, -0.1) is 0 Å². The average molecular weight is 239 g/mol. The summed E-state index contributed by atoms with van der Waals surface area (Å²) in [6, 6.07) is 2.97. The van der Waals surface area contributed by atoms with Crippen LogP contribution in [0.3, 0.4) is 0 Å². The summed E-state index contributed by atoms with van der Waals surface area (Å²) < 4.78 is 5.21. The zero-order valence-electron chi connectivity index (χ0n) is 9.60. The Morgan fingerprint density at radius 1 is 1.41 bits per heavy atom. The molecule has 1 rings (SSSR count). The fourth-order valence-corrected chi connectivity index (χ4v) is 1.42. The highest BCUT2D eigenvalue weighted by Gasteiger charge is 2.14. The smallest absolute Gasteiger partial charge is 0.306 e. The van der Waals surface area contributed by atoms with Crippen LogP contribution in [0, 0.1) is 24.0 Å². The Kier molecular flexibility index (Phi) is 4.03. The molecular weight excluding hydrogens is 226 g/mol. The fraction of sp³-hybridized carbons (Fsp3) is 0.364. The molecule has 0 atom stereocenters. The first-order valence-corrected chi connectivity index (χ1v) is 5.02. The lowest BCUT2D eigenvalue weighted by Gasteiger charge is -2.09. The van der Waals surface area contributed by atoms with Gasteiger partial charge in [-0.1, -0.05) is 0 Å². The third-order valence-corrected chi connectivity index (χ3v) is 2.26. The highest BCUT2D eigenvalue weighted by Crippen LogP contribution is 2.28. The molecule has 1 aromatic carbocycles. The van der Waals surface area contributed by atoms with E-state index in [0.29, 0.717) is 11.3 Å². The van der Waals surface area contributed by atoms with Crippen molar-refractivity contribution in [2.45, 2.75) is 20.3 Å². The molecule has 0 aliphatic carbocycles. The molecule has 6 heteroatoms. The lowest BCUT2D eigenvalue weighted by molar-refractivity contribution is -0.385. The van der Waals surface area contributed by atoms with Crippen LogP contribution in [0.25, 0.3) is 0 Å². The van der Waals surface area contributed by atoms with Gasteiger partial charge >= 0.3 is 5.97 Å². The first-order chi connectivity index (χ1) is 7.91. The lowest BCUT2D eigenvalue weighted by atomic mass is 10.1. The Labute approximate surface area is 98.0 Å². The van der Waals surface area contributed by atoms with Gasteiger partial charge in [-0.3, -0.25) is 14.9 Å². The van der Waals surface area contributed by atoms with E-state index in [1.807, 2.05) is 0 Å². The molecule has 6 nitrogen and oxygen atoms in total. The van der Waals surface area contributed by atoms with E-state index < -0.39 is 10.9 Å². The Morgan fingerprint density at radius 3 is 2.59 bits per heavy atom. The van der Waals surface area contributed by atoms with Crippen LogP contribution in [-0.4, -0.2) is 22.6 Å². The van der Waals surface area contributed by atoms with Crippen molar-refractivity contribution in [3.63, 3.8) is 0 Å². The molecule has 0 saturated carbocycles. The van der Waals surface area contributed by atoms with E-state index in [2.05, 4.69) is 0 Å². The second kappa shape index (κ2) is 5.29. The summed E-state index contributed by atoms with van der Waals surface area (Å²) in [5.74, 6) is -0.618. The number of nitro groups is 1. The molecule has 0 bridgehead atoms. The number of carboxylic acid groups (broad SMARTS) is 1.